The van der Waals surface area contributed by atoms with Crippen LogP contribution in [-0.2, 0) is 4.74 Å². The minimum absolute atomic E-state index is 0.147. The molecule has 0 spiro atoms. The van der Waals surface area contributed by atoms with Crippen molar-refractivity contribution < 1.29 is 4.74 Å². The maximum Gasteiger partial charge on any atom is 0.0666 e. The normalized spacial score (nSPS) is 31.1. The lowest BCUT2D eigenvalue weighted by Crippen LogP contribution is -2.55. The SMILES string of the molecule is CC(C)C(C#N)C1(C2CCN(C)C2)COC1. The van der Waals surface area contributed by atoms with Crippen LogP contribution in [0.25, 0.3) is 0 Å². The van der Waals surface area contributed by atoms with Crippen molar-refractivity contribution in [3.63, 3.8) is 0 Å². The Bertz CT molecular complexity index is 291. The van der Waals surface area contributed by atoms with Crippen molar-refractivity contribution in [3.8, 4) is 6.07 Å². The first kappa shape index (κ1) is 11.9. The average molecular weight is 222 g/mol. The van der Waals surface area contributed by atoms with Crippen molar-refractivity contribution in [1.29, 1.82) is 5.26 Å². The molecular weight excluding hydrogens is 200 g/mol. The Morgan fingerprint density at radius 1 is 1.44 bits per heavy atom. The first-order valence-electron chi connectivity index (χ1n) is 6.26. The quantitative estimate of drug-likeness (QED) is 0.730. The van der Waals surface area contributed by atoms with Gasteiger partial charge in [-0.25, -0.2) is 0 Å². The van der Waals surface area contributed by atoms with Crippen LogP contribution in [0, 0.1) is 34.5 Å². The third kappa shape index (κ3) is 1.74. The van der Waals surface area contributed by atoms with Crippen LogP contribution in [0.2, 0.25) is 0 Å². The summed E-state index contributed by atoms with van der Waals surface area (Å²) in [6, 6.07) is 2.54. The van der Waals surface area contributed by atoms with Gasteiger partial charge in [0.1, 0.15) is 0 Å². The lowest BCUT2D eigenvalue weighted by Gasteiger charge is -2.50. The van der Waals surface area contributed by atoms with E-state index in [0.717, 1.165) is 19.8 Å². The molecule has 2 aliphatic rings. The third-order valence-electron chi connectivity index (χ3n) is 4.37. The van der Waals surface area contributed by atoms with Crippen molar-refractivity contribution in [2.75, 3.05) is 33.4 Å². The van der Waals surface area contributed by atoms with Crippen LogP contribution in [-0.4, -0.2) is 38.3 Å². The molecule has 0 radical (unpaired) electrons. The van der Waals surface area contributed by atoms with Gasteiger partial charge in [0.05, 0.1) is 25.2 Å². The van der Waals surface area contributed by atoms with Gasteiger partial charge in [0.15, 0.2) is 0 Å². The summed E-state index contributed by atoms with van der Waals surface area (Å²) in [7, 11) is 2.17. The summed E-state index contributed by atoms with van der Waals surface area (Å²) in [6.45, 7) is 8.21. The van der Waals surface area contributed by atoms with Crippen molar-refractivity contribution in [2.24, 2.45) is 23.2 Å². The summed E-state index contributed by atoms with van der Waals surface area (Å²) in [5.74, 6) is 1.23. The van der Waals surface area contributed by atoms with Crippen molar-refractivity contribution >= 4 is 0 Å². The van der Waals surface area contributed by atoms with E-state index in [-0.39, 0.29) is 11.3 Å². The van der Waals surface area contributed by atoms with E-state index in [1.54, 1.807) is 0 Å². The molecule has 0 saturated carbocycles. The van der Waals surface area contributed by atoms with Gasteiger partial charge in [0.25, 0.3) is 0 Å². The van der Waals surface area contributed by atoms with E-state index < -0.39 is 0 Å². The molecule has 3 nitrogen and oxygen atoms in total. The Labute approximate surface area is 98.4 Å². The molecule has 2 rings (SSSR count). The molecule has 0 aromatic heterocycles. The lowest BCUT2D eigenvalue weighted by molar-refractivity contribution is -0.172. The van der Waals surface area contributed by atoms with Crippen LogP contribution in [0.3, 0.4) is 0 Å². The molecule has 0 aromatic rings. The van der Waals surface area contributed by atoms with Gasteiger partial charge in [-0.2, -0.15) is 5.26 Å². The highest BCUT2D eigenvalue weighted by Gasteiger charge is 2.53. The minimum atomic E-state index is 0.147. The molecule has 2 unspecified atom stereocenters. The fourth-order valence-electron chi connectivity index (χ4n) is 3.35. The summed E-state index contributed by atoms with van der Waals surface area (Å²) < 4.78 is 5.45. The van der Waals surface area contributed by atoms with E-state index in [1.807, 2.05) is 0 Å². The minimum Gasteiger partial charge on any atom is -0.380 e. The summed E-state index contributed by atoms with van der Waals surface area (Å²) in [4.78, 5) is 2.37. The molecule has 0 N–H and O–H groups in total. The number of hydrogen-bond donors (Lipinski definition) is 0. The molecule has 2 fully saturated rings. The van der Waals surface area contributed by atoms with E-state index in [1.165, 1.54) is 13.0 Å². The third-order valence-corrected chi connectivity index (χ3v) is 4.37. The second kappa shape index (κ2) is 4.35. The van der Waals surface area contributed by atoms with E-state index in [2.05, 4.69) is 31.9 Å². The average Bonchev–Trinajstić information content (AvgIpc) is 2.57. The molecular formula is C13H22N2O. The van der Waals surface area contributed by atoms with Gasteiger partial charge in [-0.1, -0.05) is 13.8 Å². The summed E-state index contributed by atoms with van der Waals surface area (Å²) >= 11 is 0. The molecule has 0 aliphatic carbocycles. The fourth-order valence-corrected chi connectivity index (χ4v) is 3.35. The Hall–Kier alpha value is -0.590. The standard InChI is InChI=1S/C13H22N2O/c1-10(2)12(6-14)13(8-16-9-13)11-4-5-15(3)7-11/h10-12H,4-5,7-9H2,1-3H3. The van der Waals surface area contributed by atoms with Crippen molar-refractivity contribution in [2.45, 2.75) is 20.3 Å². The van der Waals surface area contributed by atoms with Crippen LogP contribution in [0.5, 0.6) is 0 Å². The second-order valence-corrected chi connectivity index (χ2v) is 5.82. The molecule has 2 saturated heterocycles. The van der Waals surface area contributed by atoms with Gasteiger partial charge in [0.2, 0.25) is 0 Å². The van der Waals surface area contributed by atoms with Gasteiger partial charge in [-0.05, 0) is 31.8 Å². The maximum absolute atomic E-state index is 9.40. The molecule has 90 valence electrons. The first-order chi connectivity index (χ1) is 7.60. The van der Waals surface area contributed by atoms with Crippen LogP contribution in [0.4, 0.5) is 0 Å². The van der Waals surface area contributed by atoms with Gasteiger partial charge < -0.3 is 9.64 Å². The number of ether oxygens (including phenoxy) is 1. The molecule has 0 bridgehead atoms. The van der Waals surface area contributed by atoms with Crippen LogP contribution >= 0.6 is 0 Å². The molecule has 3 heteroatoms. The maximum atomic E-state index is 9.40. The topological polar surface area (TPSA) is 36.3 Å². The van der Waals surface area contributed by atoms with Crippen molar-refractivity contribution in [1.82, 2.24) is 4.90 Å². The lowest BCUT2D eigenvalue weighted by atomic mass is 9.62. The predicted octanol–water partition coefficient (Wildman–Crippen LogP) is 1.75. The Morgan fingerprint density at radius 2 is 2.12 bits per heavy atom. The molecule has 2 aliphatic heterocycles. The smallest absolute Gasteiger partial charge is 0.0666 e. The summed E-state index contributed by atoms with van der Waals surface area (Å²) in [5.41, 5.74) is 0.147. The highest BCUT2D eigenvalue weighted by atomic mass is 16.5. The zero-order valence-electron chi connectivity index (χ0n) is 10.6. The van der Waals surface area contributed by atoms with E-state index in [9.17, 15) is 5.26 Å². The molecule has 2 atom stereocenters. The van der Waals surface area contributed by atoms with E-state index >= 15 is 0 Å². The Balaban J connectivity index is 2.16. The number of rotatable bonds is 3. The van der Waals surface area contributed by atoms with E-state index in [4.69, 9.17) is 4.74 Å². The van der Waals surface area contributed by atoms with Gasteiger partial charge >= 0.3 is 0 Å². The Morgan fingerprint density at radius 3 is 2.44 bits per heavy atom. The van der Waals surface area contributed by atoms with Crippen LogP contribution in [0.1, 0.15) is 20.3 Å². The molecule has 0 aromatic carbocycles. The van der Waals surface area contributed by atoms with Gasteiger partial charge in [-0.15, -0.1) is 0 Å². The highest BCUT2D eigenvalue weighted by Crippen LogP contribution is 2.48. The van der Waals surface area contributed by atoms with Gasteiger partial charge in [-0.3, -0.25) is 0 Å². The predicted molar refractivity (Wildman–Crippen MR) is 62.8 cm³/mol. The number of likely N-dealkylation sites (tertiary alicyclic amines) is 1. The zero-order chi connectivity index (χ0) is 11.8. The van der Waals surface area contributed by atoms with Crippen molar-refractivity contribution in [3.05, 3.63) is 0 Å². The largest absolute Gasteiger partial charge is 0.380 e. The number of nitrogens with zero attached hydrogens (tertiary/aromatic N) is 2. The number of nitriles is 1. The summed E-state index contributed by atoms with van der Waals surface area (Å²) in [5, 5.41) is 9.40. The molecule has 16 heavy (non-hydrogen) atoms. The number of hydrogen-bond acceptors (Lipinski definition) is 3. The highest BCUT2D eigenvalue weighted by molar-refractivity contribution is 5.07. The summed E-state index contributed by atoms with van der Waals surface area (Å²) in [6.07, 6.45) is 1.23. The van der Waals surface area contributed by atoms with Crippen LogP contribution < -0.4 is 0 Å². The monoisotopic (exact) mass is 222 g/mol. The van der Waals surface area contributed by atoms with Gasteiger partial charge in [0, 0.05) is 12.0 Å². The van der Waals surface area contributed by atoms with E-state index in [0.29, 0.717) is 11.8 Å². The Kier molecular flexibility index (Phi) is 3.23. The first-order valence-corrected chi connectivity index (χ1v) is 6.26. The zero-order valence-corrected chi connectivity index (χ0v) is 10.6. The fraction of sp³-hybridized carbons (Fsp3) is 0.923. The second-order valence-electron chi connectivity index (χ2n) is 5.82. The molecule has 0 amide bonds. The molecule has 2 heterocycles. The van der Waals surface area contributed by atoms with Crippen LogP contribution in [0.15, 0.2) is 0 Å².